The van der Waals surface area contributed by atoms with Crippen molar-refractivity contribution in [1.29, 1.82) is 5.26 Å². The van der Waals surface area contributed by atoms with E-state index in [0.29, 0.717) is 25.4 Å². The van der Waals surface area contributed by atoms with Crippen molar-refractivity contribution < 1.29 is 9.59 Å². The summed E-state index contributed by atoms with van der Waals surface area (Å²) < 4.78 is 0. The Morgan fingerprint density at radius 2 is 1.74 bits per heavy atom. The molecule has 3 rings (SSSR count). The van der Waals surface area contributed by atoms with E-state index in [0.717, 1.165) is 38.6 Å². The minimum atomic E-state index is -0.777. The summed E-state index contributed by atoms with van der Waals surface area (Å²) in [5.41, 5.74) is 4.37. The van der Waals surface area contributed by atoms with E-state index in [2.05, 4.69) is 16.3 Å². The molecule has 3 fully saturated rings. The molecular weight excluding hydrogens is 340 g/mol. The highest BCUT2D eigenvalue weighted by molar-refractivity contribution is 5.83. The van der Waals surface area contributed by atoms with Gasteiger partial charge in [0.05, 0.1) is 6.07 Å². The average molecular weight is 375 g/mol. The van der Waals surface area contributed by atoms with Crippen LogP contribution in [-0.2, 0) is 9.59 Å². The van der Waals surface area contributed by atoms with Crippen LogP contribution in [0.5, 0.6) is 0 Å². The summed E-state index contributed by atoms with van der Waals surface area (Å²) in [5.74, 6) is -0.387. The summed E-state index contributed by atoms with van der Waals surface area (Å²) in [7, 11) is 0. The minimum absolute atomic E-state index is 0.117. The molecular formula is C21H34N4O2. The van der Waals surface area contributed by atoms with Gasteiger partial charge in [0, 0.05) is 31.0 Å². The molecule has 0 aromatic rings. The molecule has 6 heteroatoms. The van der Waals surface area contributed by atoms with Crippen LogP contribution in [0.25, 0.3) is 0 Å². The Hall–Kier alpha value is -1.61. The van der Waals surface area contributed by atoms with Crippen molar-refractivity contribution in [2.45, 2.75) is 95.1 Å². The van der Waals surface area contributed by atoms with Gasteiger partial charge in [0.15, 0.2) is 0 Å². The zero-order chi connectivity index (χ0) is 19.3. The SMILES string of the molecule is N#CC1(NC(=O)CCC2(C(N)=O)CCCCC2)CCN(C2CCCCC2)C1. The highest BCUT2D eigenvalue weighted by Gasteiger charge is 2.43. The lowest BCUT2D eigenvalue weighted by molar-refractivity contribution is -0.131. The monoisotopic (exact) mass is 374 g/mol. The Morgan fingerprint density at radius 1 is 1.07 bits per heavy atom. The largest absolute Gasteiger partial charge is 0.369 e. The number of primary amides is 1. The van der Waals surface area contributed by atoms with Crippen molar-refractivity contribution in [3.63, 3.8) is 0 Å². The van der Waals surface area contributed by atoms with E-state index >= 15 is 0 Å². The first-order chi connectivity index (χ1) is 13.0. The van der Waals surface area contributed by atoms with Crippen LogP contribution in [0.1, 0.15) is 83.5 Å². The maximum Gasteiger partial charge on any atom is 0.223 e. The first-order valence-electron chi connectivity index (χ1n) is 10.7. The van der Waals surface area contributed by atoms with Crippen molar-refractivity contribution >= 4 is 11.8 Å². The molecule has 1 atom stereocenters. The van der Waals surface area contributed by atoms with Gasteiger partial charge in [0.2, 0.25) is 11.8 Å². The van der Waals surface area contributed by atoms with Crippen LogP contribution in [0.15, 0.2) is 0 Å². The van der Waals surface area contributed by atoms with Gasteiger partial charge in [-0.15, -0.1) is 0 Å². The van der Waals surface area contributed by atoms with E-state index in [1.54, 1.807) is 0 Å². The van der Waals surface area contributed by atoms with Gasteiger partial charge in [-0.25, -0.2) is 0 Å². The molecule has 0 spiro atoms. The number of hydrogen-bond donors (Lipinski definition) is 2. The number of nitriles is 1. The fourth-order valence-corrected chi connectivity index (χ4v) is 5.35. The molecule has 2 amide bonds. The van der Waals surface area contributed by atoms with Crippen LogP contribution < -0.4 is 11.1 Å². The van der Waals surface area contributed by atoms with E-state index in [9.17, 15) is 14.9 Å². The molecule has 0 radical (unpaired) electrons. The third-order valence-corrected chi connectivity index (χ3v) is 7.15. The second-order valence-corrected chi connectivity index (χ2v) is 8.96. The van der Waals surface area contributed by atoms with Crippen LogP contribution >= 0.6 is 0 Å². The standard InChI is InChI=1S/C21H34N4O2/c22-15-21(13-14-25(16-21)17-7-3-1-4-8-17)24-18(26)9-12-20(19(23)27)10-5-2-6-11-20/h17H,1-14,16H2,(H2,23,27)(H,24,26). The molecule has 0 bridgehead atoms. The van der Waals surface area contributed by atoms with Crippen molar-refractivity contribution in [3.8, 4) is 6.07 Å². The summed E-state index contributed by atoms with van der Waals surface area (Å²) in [6.45, 7) is 1.50. The molecule has 2 aliphatic carbocycles. The first kappa shape index (κ1) is 20.1. The van der Waals surface area contributed by atoms with Crippen molar-refractivity contribution in [2.24, 2.45) is 11.1 Å². The molecule has 3 N–H and O–H groups in total. The van der Waals surface area contributed by atoms with Gasteiger partial charge < -0.3 is 11.1 Å². The van der Waals surface area contributed by atoms with Gasteiger partial charge in [-0.1, -0.05) is 38.5 Å². The van der Waals surface area contributed by atoms with Crippen molar-refractivity contribution in [1.82, 2.24) is 10.2 Å². The van der Waals surface area contributed by atoms with Crippen LogP contribution in [0, 0.1) is 16.7 Å². The molecule has 27 heavy (non-hydrogen) atoms. The highest BCUT2D eigenvalue weighted by Crippen LogP contribution is 2.40. The molecule has 1 heterocycles. The van der Waals surface area contributed by atoms with Crippen LogP contribution in [0.4, 0.5) is 0 Å². The smallest absolute Gasteiger partial charge is 0.223 e. The molecule has 2 saturated carbocycles. The molecule has 3 aliphatic rings. The topological polar surface area (TPSA) is 99.2 Å². The lowest BCUT2D eigenvalue weighted by Crippen LogP contribution is -2.51. The number of nitrogens with zero attached hydrogens (tertiary/aromatic N) is 2. The minimum Gasteiger partial charge on any atom is -0.369 e. The van der Waals surface area contributed by atoms with Crippen LogP contribution in [0.2, 0.25) is 0 Å². The lowest BCUT2D eigenvalue weighted by Gasteiger charge is -2.34. The number of rotatable bonds is 6. The zero-order valence-corrected chi connectivity index (χ0v) is 16.5. The summed E-state index contributed by atoms with van der Waals surface area (Å²) in [5, 5.41) is 12.8. The van der Waals surface area contributed by atoms with Crippen LogP contribution in [-0.4, -0.2) is 41.4 Å². The Balaban J connectivity index is 1.54. The van der Waals surface area contributed by atoms with E-state index in [-0.39, 0.29) is 18.2 Å². The molecule has 0 aromatic heterocycles. The zero-order valence-electron chi connectivity index (χ0n) is 16.5. The average Bonchev–Trinajstić information content (AvgIpc) is 3.12. The second-order valence-electron chi connectivity index (χ2n) is 8.96. The van der Waals surface area contributed by atoms with E-state index in [1.807, 2.05) is 0 Å². The Morgan fingerprint density at radius 3 is 2.37 bits per heavy atom. The number of likely N-dealkylation sites (tertiary alicyclic amines) is 1. The molecule has 1 saturated heterocycles. The first-order valence-corrected chi connectivity index (χ1v) is 10.7. The number of amides is 2. The quantitative estimate of drug-likeness (QED) is 0.746. The molecule has 150 valence electrons. The predicted octanol–water partition coefficient (Wildman–Crippen LogP) is 2.62. The number of carbonyl (C=O) groups is 2. The highest BCUT2D eigenvalue weighted by atomic mass is 16.2. The fourth-order valence-electron chi connectivity index (χ4n) is 5.35. The van der Waals surface area contributed by atoms with Gasteiger partial charge in [0.25, 0.3) is 0 Å². The fraction of sp³-hybridized carbons (Fsp3) is 0.857. The van der Waals surface area contributed by atoms with E-state index in [4.69, 9.17) is 5.73 Å². The summed E-state index contributed by atoms with van der Waals surface area (Å²) >= 11 is 0. The van der Waals surface area contributed by atoms with E-state index < -0.39 is 11.0 Å². The Bertz CT molecular complexity index is 587. The van der Waals surface area contributed by atoms with Crippen molar-refractivity contribution in [2.75, 3.05) is 13.1 Å². The predicted molar refractivity (Wildman–Crippen MR) is 103 cm³/mol. The molecule has 6 nitrogen and oxygen atoms in total. The maximum absolute atomic E-state index is 12.6. The molecule has 1 aliphatic heterocycles. The summed E-state index contributed by atoms with van der Waals surface area (Å²) in [6.07, 6.45) is 12.4. The molecule has 1 unspecified atom stereocenters. The lowest BCUT2D eigenvalue weighted by atomic mass is 9.70. The van der Waals surface area contributed by atoms with Gasteiger partial charge in [-0.2, -0.15) is 5.26 Å². The Labute approximate surface area is 162 Å². The van der Waals surface area contributed by atoms with Gasteiger partial charge in [0.1, 0.15) is 5.54 Å². The summed E-state index contributed by atoms with van der Waals surface area (Å²) in [6, 6.07) is 2.94. The number of nitrogens with two attached hydrogens (primary N) is 1. The number of nitrogens with one attached hydrogen (secondary N) is 1. The molecule has 0 aromatic carbocycles. The van der Waals surface area contributed by atoms with E-state index in [1.165, 1.54) is 32.1 Å². The van der Waals surface area contributed by atoms with Gasteiger partial charge >= 0.3 is 0 Å². The second kappa shape index (κ2) is 8.60. The third-order valence-electron chi connectivity index (χ3n) is 7.15. The summed E-state index contributed by atoms with van der Waals surface area (Å²) in [4.78, 5) is 27.0. The van der Waals surface area contributed by atoms with Crippen LogP contribution in [0.3, 0.4) is 0 Å². The number of hydrogen-bond acceptors (Lipinski definition) is 4. The maximum atomic E-state index is 12.6. The van der Waals surface area contributed by atoms with Gasteiger partial charge in [-0.05, 0) is 38.5 Å². The number of carbonyl (C=O) groups excluding carboxylic acids is 2. The van der Waals surface area contributed by atoms with Gasteiger partial charge in [-0.3, -0.25) is 14.5 Å². The Kier molecular flexibility index (Phi) is 6.41. The normalized spacial score (nSPS) is 29.1. The van der Waals surface area contributed by atoms with Crippen molar-refractivity contribution in [3.05, 3.63) is 0 Å². The third kappa shape index (κ3) is 4.63.